The number of methoxy groups -OCH3 is 1. The molecule has 0 spiro atoms. The molecule has 0 bridgehead atoms. The first kappa shape index (κ1) is 21.7. The van der Waals surface area contributed by atoms with Crippen LogP contribution in [0.2, 0.25) is 0 Å². The number of carboxylic acids is 1. The van der Waals surface area contributed by atoms with Gasteiger partial charge in [0.1, 0.15) is 5.82 Å². The van der Waals surface area contributed by atoms with Crippen LogP contribution < -0.4 is 0 Å². The smallest absolute Gasteiger partial charge is 0.335 e. The monoisotopic (exact) mass is 470 g/mol. The van der Waals surface area contributed by atoms with Gasteiger partial charge in [-0.05, 0) is 65.2 Å². The van der Waals surface area contributed by atoms with Crippen LogP contribution >= 0.6 is 0 Å². The Morgan fingerprint density at radius 1 is 1.14 bits per heavy atom. The Morgan fingerprint density at radius 2 is 1.89 bits per heavy atom. The minimum atomic E-state index is -0.969. The highest BCUT2D eigenvalue weighted by Crippen LogP contribution is 2.47. The summed E-state index contributed by atoms with van der Waals surface area (Å²) in [6.07, 6.45) is 1.88. The summed E-state index contributed by atoms with van der Waals surface area (Å²) in [5.41, 5.74) is 6.71. The van der Waals surface area contributed by atoms with Crippen molar-refractivity contribution in [3.8, 4) is 16.8 Å². The molecule has 0 atom stereocenters. The second-order valence-electron chi connectivity index (χ2n) is 9.16. The molecule has 0 radical (unpaired) electrons. The lowest BCUT2D eigenvalue weighted by molar-refractivity contribution is -0.0938. The predicted molar refractivity (Wildman–Crippen MR) is 131 cm³/mol. The van der Waals surface area contributed by atoms with Crippen LogP contribution in [0.15, 0.2) is 65.7 Å². The third kappa shape index (κ3) is 3.38. The molecule has 6 rings (SSSR count). The number of carbonyl (C=O) groups is 1. The van der Waals surface area contributed by atoms with Crippen LogP contribution in [0, 0.1) is 5.82 Å². The summed E-state index contributed by atoms with van der Waals surface area (Å²) in [6, 6.07) is 17.7. The molecule has 1 N–H and O–H groups in total. The summed E-state index contributed by atoms with van der Waals surface area (Å²) in [5.74, 6) is -1.27. The average molecular weight is 471 g/mol. The van der Waals surface area contributed by atoms with E-state index in [4.69, 9.17) is 9.47 Å². The van der Waals surface area contributed by atoms with Crippen molar-refractivity contribution in [3.05, 3.63) is 88.9 Å². The zero-order valence-electron chi connectivity index (χ0n) is 19.1. The number of halogens is 1. The molecule has 2 aliphatic rings. The van der Waals surface area contributed by atoms with E-state index in [2.05, 4.69) is 21.7 Å². The van der Waals surface area contributed by atoms with Gasteiger partial charge in [-0.15, -0.1) is 0 Å². The van der Waals surface area contributed by atoms with Crippen LogP contribution in [0.5, 0.6) is 0 Å². The van der Waals surface area contributed by atoms with Crippen molar-refractivity contribution in [1.29, 1.82) is 0 Å². The quantitative estimate of drug-likeness (QED) is 0.431. The van der Waals surface area contributed by atoms with Gasteiger partial charge in [-0.2, -0.15) is 0 Å². The van der Waals surface area contributed by atoms with Crippen LogP contribution in [0.4, 0.5) is 4.39 Å². The first-order valence-corrected chi connectivity index (χ1v) is 11.4. The third-order valence-electron chi connectivity index (χ3n) is 6.91. The number of aliphatic imine (C=N–C) groups is 1. The normalized spacial score (nSPS) is 15.8. The molecule has 2 aliphatic heterocycles. The SMILES string of the molecule is COCC1(c2c(-c3ccc(C(=O)O)cc3)c3cc4c(cc3n2-c2ccc(F)cc2)C=NC4)COC1. The van der Waals surface area contributed by atoms with Gasteiger partial charge in [-0.1, -0.05) is 12.1 Å². The number of benzene rings is 3. The van der Waals surface area contributed by atoms with Gasteiger partial charge < -0.3 is 19.1 Å². The highest BCUT2D eigenvalue weighted by molar-refractivity contribution is 6.04. The van der Waals surface area contributed by atoms with Gasteiger partial charge in [0, 0.05) is 35.7 Å². The van der Waals surface area contributed by atoms with Gasteiger partial charge in [0.15, 0.2) is 0 Å². The van der Waals surface area contributed by atoms with Gasteiger partial charge in [0.05, 0.1) is 42.9 Å². The number of hydrogen-bond acceptors (Lipinski definition) is 4. The Labute approximate surface area is 201 Å². The van der Waals surface area contributed by atoms with E-state index in [1.807, 2.05) is 18.3 Å². The second-order valence-corrected chi connectivity index (χ2v) is 9.16. The molecule has 176 valence electrons. The summed E-state index contributed by atoms with van der Waals surface area (Å²) in [4.78, 5) is 15.9. The highest BCUT2D eigenvalue weighted by Gasteiger charge is 2.46. The maximum atomic E-state index is 13.9. The Morgan fingerprint density at radius 3 is 2.51 bits per heavy atom. The van der Waals surface area contributed by atoms with Crippen molar-refractivity contribution in [2.45, 2.75) is 12.0 Å². The fourth-order valence-electron chi connectivity index (χ4n) is 5.24. The van der Waals surface area contributed by atoms with E-state index in [-0.39, 0.29) is 11.4 Å². The molecule has 0 saturated carbocycles. The summed E-state index contributed by atoms with van der Waals surface area (Å²) in [5, 5.41) is 10.4. The standard InChI is InChI=1S/C28H23FN2O4/c1-34-14-28(15-35-16-28)26-25(17-2-4-18(5-3-17)27(32)33)23-10-19-12-30-13-20(19)11-24(23)31(26)22-8-6-21(29)7-9-22/h2-11,13H,12,14-16H2,1H3,(H,32,33). The predicted octanol–water partition coefficient (Wildman–Crippen LogP) is 4.98. The maximum absolute atomic E-state index is 13.9. The number of aromatic carboxylic acids is 1. The van der Waals surface area contributed by atoms with Crippen molar-refractivity contribution < 1.29 is 23.8 Å². The zero-order chi connectivity index (χ0) is 24.2. The van der Waals surface area contributed by atoms with Gasteiger partial charge in [-0.25, -0.2) is 9.18 Å². The molecular weight excluding hydrogens is 447 g/mol. The number of aromatic nitrogens is 1. The number of carboxylic acid groups (broad SMARTS) is 1. The van der Waals surface area contributed by atoms with Crippen molar-refractivity contribution in [2.75, 3.05) is 26.9 Å². The van der Waals surface area contributed by atoms with Gasteiger partial charge >= 0.3 is 5.97 Å². The van der Waals surface area contributed by atoms with Gasteiger partial charge in [0.2, 0.25) is 0 Å². The lowest BCUT2D eigenvalue weighted by Crippen LogP contribution is -2.51. The van der Waals surface area contributed by atoms with E-state index in [0.717, 1.165) is 44.5 Å². The molecule has 4 aromatic rings. The summed E-state index contributed by atoms with van der Waals surface area (Å²) in [6.45, 7) is 2.04. The molecule has 1 saturated heterocycles. The molecule has 6 nitrogen and oxygen atoms in total. The second kappa shape index (κ2) is 8.15. The molecule has 0 unspecified atom stereocenters. The molecule has 7 heteroatoms. The van der Waals surface area contributed by atoms with Crippen LogP contribution in [0.1, 0.15) is 27.2 Å². The van der Waals surface area contributed by atoms with Crippen LogP contribution in [-0.2, 0) is 21.4 Å². The van der Waals surface area contributed by atoms with E-state index >= 15 is 0 Å². The van der Waals surface area contributed by atoms with Crippen molar-refractivity contribution in [3.63, 3.8) is 0 Å². The molecule has 0 amide bonds. The lowest BCUT2D eigenvalue weighted by atomic mass is 9.79. The van der Waals surface area contributed by atoms with E-state index < -0.39 is 11.4 Å². The maximum Gasteiger partial charge on any atom is 0.335 e. The molecule has 1 fully saturated rings. The zero-order valence-corrected chi connectivity index (χ0v) is 19.1. The molecule has 3 heterocycles. The number of fused-ring (bicyclic) bond motifs is 2. The third-order valence-corrected chi connectivity index (χ3v) is 6.91. The van der Waals surface area contributed by atoms with Gasteiger partial charge in [0.25, 0.3) is 0 Å². The fraction of sp³-hybridized carbons (Fsp3) is 0.214. The summed E-state index contributed by atoms with van der Waals surface area (Å²) >= 11 is 0. The number of ether oxygens (including phenoxy) is 2. The van der Waals surface area contributed by atoms with Crippen molar-refractivity contribution in [2.24, 2.45) is 4.99 Å². The molecule has 3 aromatic carbocycles. The van der Waals surface area contributed by atoms with E-state index in [9.17, 15) is 14.3 Å². The molecular formula is C28H23FN2O4. The highest BCUT2D eigenvalue weighted by atomic mass is 19.1. The van der Waals surface area contributed by atoms with Crippen molar-refractivity contribution in [1.82, 2.24) is 4.57 Å². The minimum Gasteiger partial charge on any atom is -0.478 e. The number of nitrogens with zero attached hydrogens (tertiary/aromatic N) is 2. The summed E-state index contributed by atoms with van der Waals surface area (Å²) in [7, 11) is 1.68. The van der Waals surface area contributed by atoms with Gasteiger partial charge in [-0.3, -0.25) is 4.99 Å². The average Bonchev–Trinajstić information content (AvgIpc) is 3.42. The van der Waals surface area contributed by atoms with Crippen LogP contribution in [0.25, 0.3) is 27.7 Å². The number of rotatable bonds is 6. The molecule has 1 aromatic heterocycles. The molecule has 35 heavy (non-hydrogen) atoms. The minimum absolute atomic E-state index is 0.227. The Balaban J connectivity index is 1.73. The first-order valence-electron chi connectivity index (χ1n) is 11.4. The fourth-order valence-corrected chi connectivity index (χ4v) is 5.24. The van der Waals surface area contributed by atoms with Crippen molar-refractivity contribution >= 4 is 23.1 Å². The van der Waals surface area contributed by atoms with E-state index in [1.165, 1.54) is 12.1 Å². The Bertz CT molecular complexity index is 1480. The molecule has 0 aliphatic carbocycles. The van der Waals surface area contributed by atoms with E-state index in [0.29, 0.717) is 26.4 Å². The summed E-state index contributed by atoms with van der Waals surface area (Å²) < 4.78 is 27.5. The topological polar surface area (TPSA) is 73.0 Å². The number of hydrogen-bond donors (Lipinski definition) is 1. The Hall–Kier alpha value is -3.81. The van der Waals surface area contributed by atoms with Crippen LogP contribution in [0.3, 0.4) is 0 Å². The first-order chi connectivity index (χ1) is 17.0. The van der Waals surface area contributed by atoms with E-state index in [1.54, 1.807) is 31.4 Å². The Kier molecular flexibility index (Phi) is 5.05. The van der Waals surface area contributed by atoms with Crippen LogP contribution in [-0.4, -0.2) is 48.8 Å². The lowest BCUT2D eigenvalue weighted by Gasteiger charge is -2.42. The largest absolute Gasteiger partial charge is 0.478 e.